The lowest BCUT2D eigenvalue weighted by atomic mass is 9.95. The topological polar surface area (TPSA) is 81.4 Å². The van der Waals surface area contributed by atoms with Gasteiger partial charge in [-0.1, -0.05) is 19.3 Å². The molecule has 3 N–H and O–H groups in total. The number of nitrogens with one attached hydrogen (secondary N) is 1. The van der Waals surface area contributed by atoms with Gasteiger partial charge < -0.3 is 15.8 Å². The van der Waals surface area contributed by atoms with Gasteiger partial charge in [-0.3, -0.25) is 4.79 Å². The first-order valence-electron chi connectivity index (χ1n) is 7.70. The molecule has 1 aliphatic rings. The molecule has 0 saturated heterocycles. The zero-order valence-electron chi connectivity index (χ0n) is 13.0. The van der Waals surface area contributed by atoms with Gasteiger partial charge in [-0.25, -0.2) is 4.79 Å². The molecule has 2 rings (SSSR count). The summed E-state index contributed by atoms with van der Waals surface area (Å²) in [7, 11) is 0. The molecule has 0 aromatic heterocycles. The van der Waals surface area contributed by atoms with Crippen molar-refractivity contribution in [1.82, 2.24) is 5.32 Å². The normalized spacial score (nSPS) is 15.8. The van der Waals surface area contributed by atoms with Crippen molar-refractivity contribution in [2.75, 3.05) is 12.3 Å². The number of alkyl halides is 3. The minimum absolute atomic E-state index is 0.0843. The third kappa shape index (κ3) is 4.87. The summed E-state index contributed by atoms with van der Waals surface area (Å²) < 4.78 is 42.5. The second-order valence-corrected chi connectivity index (χ2v) is 5.78. The maximum Gasteiger partial charge on any atom is 0.416 e. The van der Waals surface area contributed by atoms with Gasteiger partial charge in [0.05, 0.1) is 11.1 Å². The van der Waals surface area contributed by atoms with Crippen molar-refractivity contribution in [3.63, 3.8) is 0 Å². The number of hydrogen-bond donors (Lipinski definition) is 2. The molecule has 0 atom stereocenters. The van der Waals surface area contributed by atoms with Crippen molar-refractivity contribution in [2.45, 2.75) is 44.3 Å². The molecular weight excluding hydrogens is 325 g/mol. The van der Waals surface area contributed by atoms with Gasteiger partial charge in [-0.2, -0.15) is 13.2 Å². The summed E-state index contributed by atoms with van der Waals surface area (Å²) >= 11 is 0. The maximum absolute atomic E-state index is 12.6. The lowest BCUT2D eigenvalue weighted by Crippen LogP contribution is -2.38. The minimum atomic E-state index is -4.55. The average Bonchev–Trinajstić information content (AvgIpc) is 2.52. The molecule has 132 valence electrons. The van der Waals surface area contributed by atoms with Crippen molar-refractivity contribution >= 4 is 17.6 Å². The highest BCUT2D eigenvalue weighted by Gasteiger charge is 2.31. The molecular formula is C16H19F3N2O3. The molecule has 5 nitrogen and oxygen atoms in total. The van der Waals surface area contributed by atoms with E-state index in [1.807, 2.05) is 0 Å². The average molecular weight is 344 g/mol. The zero-order valence-corrected chi connectivity index (χ0v) is 13.0. The lowest BCUT2D eigenvalue weighted by molar-refractivity contribution is -0.137. The molecule has 0 unspecified atom stereocenters. The van der Waals surface area contributed by atoms with Crippen LogP contribution in [0, 0.1) is 0 Å². The van der Waals surface area contributed by atoms with Gasteiger partial charge >= 0.3 is 12.1 Å². The van der Waals surface area contributed by atoms with E-state index in [4.69, 9.17) is 10.5 Å². The monoisotopic (exact) mass is 344 g/mol. The second-order valence-electron chi connectivity index (χ2n) is 5.78. The molecule has 1 saturated carbocycles. The fourth-order valence-electron chi connectivity index (χ4n) is 2.65. The van der Waals surface area contributed by atoms with Gasteiger partial charge in [0.25, 0.3) is 5.91 Å². The number of amides is 1. The number of carbonyl (C=O) groups excluding carboxylic acids is 2. The van der Waals surface area contributed by atoms with E-state index in [0.29, 0.717) is 6.07 Å². The summed E-state index contributed by atoms with van der Waals surface area (Å²) in [5.41, 5.74) is 3.98. The van der Waals surface area contributed by atoms with Crippen LogP contribution in [0.3, 0.4) is 0 Å². The van der Waals surface area contributed by atoms with Gasteiger partial charge in [-0.15, -0.1) is 0 Å². The largest absolute Gasteiger partial charge is 0.452 e. The Labute approximate surface area is 137 Å². The molecule has 0 spiro atoms. The Bertz CT molecular complexity index is 611. The summed E-state index contributed by atoms with van der Waals surface area (Å²) in [6.45, 7) is -0.490. The Kier molecular flexibility index (Phi) is 5.69. The second kappa shape index (κ2) is 7.55. The van der Waals surface area contributed by atoms with Crippen LogP contribution in [0.4, 0.5) is 18.9 Å². The Morgan fingerprint density at radius 2 is 1.88 bits per heavy atom. The van der Waals surface area contributed by atoms with E-state index in [9.17, 15) is 22.8 Å². The third-order valence-electron chi connectivity index (χ3n) is 3.90. The summed E-state index contributed by atoms with van der Waals surface area (Å²) in [5.74, 6) is -1.36. The Morgan fingerprint density at radius 3 is 2.46 bits per heavy atom. The van der Waals surface area contributed by atoms with E-state index >= 15 is 0 Å². The quantitative estimate of drug-likeness (QED) is 0.650. The third-order valence-corrected chi connectivity index (χ3v) is 3.90. The number of anilines is 1. The van der Waals surface area contributed by atoms with Crippen LogP contribution < -0.4 is 11.1 Å². The van der Waals surface area contributed by atoms with Crippen molar-refractivity contribution in [1.29, 1.82) is 0 Å². The highest BCUT2D eigenvalue weighted by atomic mass is 19.4. The van der Waals surface area contributed by atoms with Gasteiger partial charge in [-0.05, 0) is 31.0 Å². The summed E-state index contributed by atoms with van der Waals surface area (Å²) in [4.78, 5) is 23.6. The molecule has 1 amide bonds. The van der Waals surface area contributed by atoms with Crippen LogP contribution >= 0.6 is 0 Å². The molecule has 1 aromatic rings. The first-order valence-corrected chi connectivity index (χ1v) is 7.70. The van der Waals surface area contributed by atoms with Gasteiger partial charge in [0.1, 0.15) is 0 Å². The zero-order chi connectivity index (χ0) is 17.7. The number of nitrogens with two attached hydrogens (primary N) is 1. The molecule has 0 bridgehead atoms. The number of benzene rings is 1. The molecule has 24 heavy (non-hydrogen) atoms. The number of carbonyl (C=O) groups is 2. The molecule has 0 aliphatic heterocycles. The highest BCUT2D eigenvalue weighted by molar-refractivity contribution is 5.96. The van der Waals surface area contributed by atoms with Crippen LogP contribution in [0.25, 0.3) is 0 Å². The molecule has 1 aliphatic carbocycles. The lowest BCUT2D eigenvalue weighted by Gasteiger charge is -2.22. The number of hydrogen-bond acceptors (Lipinski definition) is 4. The molecule has 8 heteroatoms. The SMILES string of the molecule is Nc1cc(C(F)(F)F)ccc1C(=O)OCC(=O)NC1CCCCC1. The first-order chi connectivity index (χ1) is 11.3. The first kappa shape index (κ1) is 18.1. The number of nitrogen functional groups attached to an aromatic ring is 1. The summed E-state index contributed by atoms with van der Waals surface area (Å²) in [6.07, 6.45) is 0.488. The predicted molar refractivity (Wildman–Crippen MR) is 81.2 cm³/mol. The minimum Gasteiger partial charge on any atom is -0.452 e. The fraction of sp³-hybridized carbons (Fsp3) is 0.500. The highest BCUT2D eigenvalue weighted by Crippen LogP contribution is 2.31. The van der Waals surface area contributed by atoms with Crippen LogP contribution in [0.5, 0.6) is 0 Å². The number of rotatable bonds is 4. The van der Waals surface area contributed by atoms with Crippen LogP contribution in [0.2, 0.25) is 0 Å². The summed E-state index contributed by atoms with van der Waals surface area (Å²) in [6, 6.07) is 2.44. The van der Waals surface area contributed by atoms with Crippen LogP contribution in [-0.2, 0) is 15.7 Å². The van der Waals surface area contributed by atoms with Gasteiger partial charge in [0.2, 0.25) is 0 Å². The molecule has 0 radical (unpaired) electrons. The van der Waals surface area contributed by atoms with Crippen molar-refractivity contribution in [2.24, 2.45) is 0 Å². The van der Waals surface area contributed by atoms with Crippen molar-refractivity contribution in [3.05, 3.63) is 29.3 Å². The van der Waals surface area contributed by atoms with E-state index in [-0.39, 0.29) is 17.3 Å². The van der Waals surface area contributed by atoms with Crippen molar-refractivity contribution < 1.29 is 27.5 Å². The Morgan fingerprint density at radius 1 is 1.21 bits per heavy atom. The Balaban J connectivity index is 1.89. The number of halogens is 3. The predicted octanol–water partition coefficient (Wildman–Crippen LogP) is 2.89. The Hall–Kier alpha value is -2.25. The molecule has 1 fully saturated rings. The molecule has 1 aromatic carbocycles. The van der Waals surface area contributed by atoms with Crippen LogP contribution in [-0.4, -0.2) is 24.5 Å². The van der Waals surface area contributed by atoms with E-state index in [0.717, 1.165) is 44.2 Å². The van der Waals surface area contributed by atoms with E-state index < -0.39 is 30.2 Å². The number of ether oxygens (including phenoxy) is 1. The van der Waals surface area contributed by atoms with Crippen LogP contribution in [0.15, 0.2) is 18.2 Å². The summed E-state index contributed by atoms with van der Waals surface area (Å²) in [5, 5.41) is 2.77. The smallest absolute Gasteiger partial charge is 0.416 e. The van der Waals surface area contributed by atoms with E-state index in [2.05, 4.69) is 5.32 Å². The van der Waals surface area contributed by atoms with Gasteiger partial charge in [0, 0.05) is 11.7 Å². The van der Waals surface area contributed by atoms with Crippen molar-refractivity contribution in [3.8, 4) is 0 Å². The van der Waals surface area contributed by atoms with E-state index in [1.165, 1.54) is 0 Å². The van der Waals surface area contributed by atoms with E-state index in [1.54, 1.807) is 0 Å². The maximum atomic E-state index is 12.6. The standard InChI is InChI=1S/C16H19F3N2O3/c17-16(18,19)10-6-7-12(13(20)8-10)15(23)24-9-14(22)21-11-4-2-1-3-5-11/h6-8,11H,1-5,9,20H2,(H,21,22). The molecule has 0 heterocycles. The van der Waals surface area contributed by atoms with Crippen LogP contribution in [0.1, 0.15) is 48.0 Å². The fourth-order valence-corrected chi connectivity index (χ4v) is 2.65. The number of esters is 1. The van der Waals surface area contributed by atoms with Gasteiger partial charge in [0.15, 0.2) is 6.61 Å².